The average Bonchev–Trinajstić information content (AvgIpc) is 2.71. The van der Waals surface area contributed by atoms with Crippen molar-refractivity contribution in [3.8, 4) is 0 Å². The van der Waals surface area contributed by atoms with E-state index >= 15 is 0 Å². The van der Waals surface area contributed by atoms with Gasteiger partial charge in [-0.25, -0.2) is 0 Å². The van der Waals surface area contributed by atoms with Gasteiger partial charge in [-0.1, -0.05) is 30.4 Å². The largest absolute Gasteiger partial charge is 0.469 e. The van der Waals surface area contributed by atoms with Gasteiger partial charge in [0, 0.05) is 18.1 Å². The molecule has 2 aliphatic rings. The Morgan fingerprint density at radius 3 is 2.58 bits per heavy atom. The van der Waals surface area contributed by atoms with Crippen molar-refractivity contribution in [3.05, 3.63) is 69.0 Å². The van der Waals surface area contributed by atoms with Gasteiger partial charge in [-0.15, -0.1) is 0 Å². The van der Waals surface area contributed by atoms with Crippen LogP contribution in [0.15, 0.2) is 58.9 Å². The Kier molecular flexibility index (Phi) is 3.75. The summed E-state index contributed by atoms with van der Waals surface area (Å²) in [6, 6.07) is 0. The second-order valence-corrected chi connectivity index (χ2v) is 4.20. The molecule has 5 heteroatoms. The zero-order valence-corrected chi connectivity index (χ0v) is 10.5. The molecule has 0 unspecified atom stereocenters. The van der Waals surface area contributed by atoms with Crippen LogP contribution in [0, 0.1) is 10.1 Å². The van der Waals surface area contributed by atoms with Gasteiger partial charge in [0.25, 0.3) is 5.70 Å². The van der Waals surface area contributed by atoms with Crippen molar-refractivity contribution >= 4 is 5.97 Å². The smallest absolute Gasteiger partial charge is 0.309 e. The van der Waals surface area contributed by atoms with Crippen LogP contribution >= 0.6 is 0 Å². The Bertz CT molecular complexity index is 576. The first-order valence-electron chi connectivity index (χ1n) is 5.81. The summed E-state index contributed by atoms with van der Waals surface area (Å²) in [4.78, 5) is 22.0. The normalized spacial score (nSPS) is 17.3. The van der Waals surface area contributed by atoms with Crippen LogP contribution in [0.2, 0.25) is 0 Å². The molecular weight excluding hydrogens is 246 g/mol. The van der Waals surface area contributed by atoms with E-state index in [2.05, 4.69) is 4.74 Å². The molecule has 0 heterocycles. The number of allylic oxidation sites excluding steroid dienone is 8. The quantitative estimate of drug-likeness (QED) is 0.443. The monoisotopic (exact) mass is 259 g/mol. The molecule has 0 atom stereocenters. The molecule has 0 N–H and O–H groups in total. The highest BCUT2D eigenvalue weighted by atomic mass is 16.6. The van der Waals surface area contributed by atoms with Crippen LogP contribution in [0.25, 0.3) is 0 Å². The standard InChI is InChI=1S/C14H13NO4/c1-19-14(16)9-11-6-7-13(15(17)18)12-5-3-2-4-10(11)8-12/h2-7H,8-9H2,1H3. The number of methoxy groups -OCH3 is 1. The molecule has 0 saturated carbocycles. The van der Waals surface area contributed by atoms with Crippen LogP contribution in [0.3, 0.4) is 0 Å². The molecule has 0 saturated heterocycles. The first-order valence-corrected chi connectivity index (χ1v) is 5.81. The van der Waals surface area contributed by atoms with E-state index in [1.165, 1.54) is 13.2 Å². The van der Waals surface area contributed by atoms with Crippen molar-refractivity contribution in [2.45, 2.75) is 12.8 Å². The van der Waals surface area contributed by atoms with Crippen LogP contribution in [0.1, 0.15) is 12.8 Å². The van der Waals surface area contributed by atoms with Crippen molar-refractivity contribution in [3.63, 3.8) is 0 Å². The molecule has 98 valence electrons. The highest BCUT2D eigenvalue weighted by molar-refractivity contribution is 5.74. The zero-order valence-electron chi connectivity index (χ0n) is 10.5. The van der Waals surface area contributed by atoms with Gasteiger partial charge < -0.3 is 4.74 Å². The van der Waals surface area contributed by atoms with Crippen molar-refractivity contribution in [2.24, 2.45) is 0 Å². The first-order chi connectivity index (χ1) is 9.11. The van der Waals surface area contributed by atoms with E-state index in [1.807, 2.05) is 12.2 Å². The van der Waals surface area contributed by atoms with E-state index in [9.17, 15) is 14.9 Å². The van der Waals surface area contributed by atoms with E-state index in [-0.39, 0.29) is 18.1 Å². The number of carbonyl (C=O) groups is 1. The summed E-state index contributed by atoms with van der Waals surface area (Å²) in [6.07, 6.45) is 10.8. The van der Waals surface area contributed by atoms with Gasteiger partial charge in [-0.05, 0) is 11.1 Å². The fraction of sp³-hybridized carbons (Fsp3) is 0.214. The maximum atomic E-state index is 11.4. The Balaban J connectivity index is 2.42. The predicted molar refractivity (Wildman–Crippen MR) is 69.7 cm³/mol. The van der Waals surface area contributed by atoms with Gasteiger partial charge in [0.05, 0.1) is 18.5 Å². The average molecular weight is 259 g/mol. The lowest BCUT2D eigenvalue weighted by Crippen LogP contribution is -2.04. The predicted octanol–water partition coefficient (Wildman–Crippen LogP) is 2.46. The highest BCUT2D eigenvalue weighted by Gasteiger charge is 2.23. The summed E-state index contributed by atoms with van der Waals surface area (Å²) in [5.74, 6) is -0.358. The molecule has 0 aromatic carbocycles. The van der Waals surface area contributed by atoms with E-state index in [4.69, 9.17) is 0 Å². The highest BCUT2D eigenvalue weighted by Crippen LogP contribution is 2.31. The van der Waals surface area contributed by atoms with Gasteiger partial charge in [0.1, 0.15) is 0 Å². The number of hydrogen-bond acceptors (Lipinski definition) is 4. The fourth-order valence-electron chi connectivity index (χ4n) is 2.03. The summed E-state index contributed by atoms with van der Waals surface area (Å²) in [6.45, 7) is 0. The minimum absolute atomic E-state index is 0.0670. The van der Waals surface area contributed by atoms with E-state index in [0.29, 0.717) is 12.0 Å². The van der Waals surface area contributed by atoms with Crippen molar-refractivity contribution < 1.29 is 14.5 Å². The van der Waals surface area contributed by atoms with Crippen LogP contribution in [0.5, 0.6) is 0 Å². The van der Waals surface area contributed by atoms with Gasteiger partial charge in [0.15, 0.2) is 0 Å². The summed E-state index contributed by atoms with van der Waals surface area (Å²) in [5, 5.41) is 11.0. The number of carbonyl (C=O) groups excluding carboxylic acids is 1. The third kappa shape index (κ3) is 2.88. The van der Waals surface area contributed by atoms with Gasteiger partial charge in [-0.2, -0.15) is 0 Å². The Labute approximate surface area is 110 Å². The van der Waals surface area contributed by atoms with E-state index < -0.39 is 4.92 Å². The Morgan fingerprint density at radius 1 is 1.26 bits per heavy atom. The second kappa shape index (κ2) is 5.48. The fourth-order valence-corrected chi connectivity index (χ4v) is 2.03. The molecule has 2 bridgehead atoms. The molecule has 0 aromatic rings. The number of rotatable bonds is 3. The van der Waals surface area contributed by atoms with Crippen LogP contribution in [0.4, 0.5) is 0 Å². The zero-order chi connectivity index (χ0) is 13.8. The summed E-state index contributed by atoms with van der Waals surface area (Å²) < 4.78 is 4.64. The molecule has 2 rings (SSSR count). The van der Waals surface area contributed by atoms with Crippen molar-refractivity contribution in [1.29, 1.82) is 0 Å². The number of ether oxygens (including phenoxy) is 1. The molecule has 2 aliphatic carbocycles. The molecule has 0 aliphatic heterocycles. The number of esters is 1. The molecule has 0 fully saturated rings. The van der Waals surface area contributed by atoms with Gasteiger partial charge in [0.2, 0.25) is 0 Å². The Morgan fingerprint density at radius 2 is 1.95 bits per heavy atom. The lowest BCUT2D eigenvalue weighted by Gasteiger charge is -2.08. The minimum Gasteiger partial charge on any atom is -0.469 e. The lowest BCUT2D eigenvalue weighted by molar-refractivity contribution is -0.420. The molecule has 0 aromatic heterocycles. The number of fused-ring (bicyclic) bond motifs is 2. The SMILES string of the molecule is COC(=O)CC1=CC=C([N+](=O)[O-])C2=CC=CC=C1C2. The molecule has 19 heavy (non-hydrogen) atoms. The van der Waals surface area contributed by atoms with Crippen LogP contribution < -0.4 is 0 Å². The van der Waals surface area contributed by atoms with E-state index in [0.717, 1.165) is 11.1 Å². The minimum atomic E-state index is -0.403. The second-order valence-electron chi connectivity index (χ2n) is 4.20. The molecule has 5 nitrogen and oxygen atoms in total. The molecular formula is C14H13NO4. The summed E-state index contributed by atoms with van der Waals surface area (Å²) >= 11 is 0. The summed E-state index contributed by atoms with van der Waals surface area (Å²) in [5.41, 5.74) is 2.36. The molecule has 0 amide bonds. The van der Waals surface area contributed by atoms with Gasteiger partial charge in [-0.3, -0.25) is 14.9 Å². The lowest BCUT2D eigenvalue weighted by atomic mass is 9.97. The van der Waals surface area contributed by atoms with Gasteiger partial charge >= 0.3 is 5.97 Å². The molecule has 0 radical (unpaired) electrons. The molecule has 0 spiro atoms. The number of hydrogen-bond donors (Lipinski definition) is 0. The summed E-state index contributed by atoms with van der Waals surface area (Å²) in [7, 11) is 1.32. The number of nitro groups is 1. The van der Waals surface area contributed by atoms with Crippen LogP contribution in [-0.4, -0.2) is 18.0 Å². The Hall–Kier alpha value is -2.43. The topological polar surface area (TPSA) is 69.4 Å². The number of nitrogens with zero attached hydrogens (tertiary/aromatic N) is 1. The van der Waals surface area contributed by atoms with Crippen LogP contribution in [-0.2, 0) is 9.53 Å². The maximum Gasteiger partial charge on any atom is 0.309 e. The third-order valence-electron chi connectivity index (χ3n) is 3.03. The van der Waals surface area contributed by atoms with Crippen molar-refractivity contribution in [2.75, 3.05) is 7.11 Å². The van der Waals surface area contributed by atoms with E-state index in [1.54, 1.807) is 18.2 Å². The third-order valence-corrected chi connectivity index (χ3v) is 3.03. The first kappa shape index (κ1) is 13.0. The maximum absolute atomic E-state index is 11.4. The van der Waals surface area contributed by atoms with Crippen molar-refractivity contribution in [1.82, 2.24) is 0 Å².